The number of aliphatic hydroxyl groups is 1. The lowest BCUT2D eigenvalue weighted by molar-refractivity contribution is -0.143. The lowest BCUT2D eigenvalue weighted by Crippen LogP contribution is -2.55. The van der Waals surface area contributed by atoms with E-state index in [-0.39, 0.29) is 38.6 Å². The van der Waals surface area contributed by atoms with E-state index in [0.29, 0.717) is 18.8 Å². The fourth-order valence-corrected chi connectivity index (χ4v) is 4.50. The molecule has 2 aliphatic heterocycles. The van der Waals surface area contributed by atoms with E-state index in [1.165, 1.54) is 16.7 Å². The Morgan fingerprint density at radius 3 is 2.38 bits per heavy atom. The Labute approximate surface area is 216 Å². The smallest absolute Gasteiger partial charge is 0.425 e. The van der Waals surface area contributed by atoms with Crippen LogP contribution in [0.25, 0.3) is 0 Å². The first-order chi connectivity index (χ1) is 18.3. The molecule has 0 bridgehead atoms. The third-order valence-electron chi connectivity index (χ3n) is 6.35. The number of aliphatic hydroxyl groups excluding tert-OH is 1. The van der Waals surface area contributed by atoms with Crippen LogP contribution >= 0.6 is 0 Å². The molecule has 0 radical (unpaired) electrons. The normalized spacial score (nSPS) is 23.3. The molecular formula is C22H24F6N6O5. The van der Waals surface area contributed by atoms with Crippen molar-refractivity contribution >= 4 is 11.9 Å². The standard InChI is InChI=1S/C22H24F6N6O5/c1-11(39-16-8-31-32-18(36)17(16)22(26,27)28)10-38-15-3-5-34(19(15)37)13-2-4-33(9-14(13)35)20-29-6-12(7-30-20)21(23,24)25/h6-8,11,13-15,35H,2-5,9-10H2,1H3,(H,32,36)/t11-,13?,14?,15+/m0/s1. The van der Waals surface area contributed by atoms with Gasteiger partial charge in [0, 0.05) is 38.4 Å². The number of amides is 1. The van der Waals surface area contributed by atoms with Gasteiger partial charge in [-0.15, -0.1) is 0 Å². The van der Waals surface area contributed by atoms with E-state index in [0.717, 1.165) is 6.20 Å². The fourth-order valence-electron chi connectivity index (χ4n) is 4.50. The number of β-amino-alcohol motifs (C(OH)–C–C–N with tert-alkyl or cyclic N) is 1. The number of alkyl halides is 6. The lowest BCUT2D eigenvalue weighted by atomic mass is 10.0. The van der Waals surface area contributed by atoms with Gasteiger partial charge in [-0.3, -0.25) is 9.59 Å². The summed E-state index contributed by atoms with van der Waals surface area (Å²) < 4.78 is 88.6. The Hall–Kier alpha value is -3.47. The summed E-state index contributed by atoms with van der Waals surface area (Å²) in [5.41, 5.74) is -3.98. The molecule has 4 rings (SSSR count). The summed E-state index contributed by atoms with van der Waals surface area (Å²) in [6.07, 6.45) is -9.86. The van der Waals surface area contributed by atoms with Crippen molar-refractivity contribution in [1.82, 2.24) is 25.1 Å². The second-order valence-electron chi connectivity index (χ2n) is 9.15. The largest absolute Gasteiger partial charge is 0.486 e. The second-order valence-corrected chi connectivity index (χ2v) is 9.15. The number of anilines is 1. The topological polar surface area (TPSA) is 134 Å². The van der Waals surface area contributed by atoms with Crippen molar-refractivity contribution in [3.05, 3.63) is 40.1 Å². The molecule has 39 heavy (non-hydrogen) atoms. The number of hydrogen-bond acceptors (Lipinski definition) is 9. The van der Waals surface area contributed by atoms with Crippen LogP contribution in [-0.4, -0.2) is 86.7 Å². The number of hydrogen-bond donors (Lipinski definition) is 2. The van der Waals surface area contributed by atoms with Gasteiger partial charge in [0.25, 0.3) is 11.5 Å². The van der Waals surface area contributed by atoms with E-state index in [4.69, 9.17) is 9.47 Å². The maximum absolute atomic E-state index is 13.2. The van der Waals surface area contributed by atoms with E-state index in [9.17, 15) is 41.0 Å². The summed E-state index contributed by atoms with van der Waals surface area (Å²) in [7, 11) is 0. The van der Waals surface area contributed by atoms with Crippen molar-refractivity contribution in [3.8, 4) is 5.75 Å². The molecule has 11 nitrogen and oxygen atoms in total. The zero-order chi connectivity index (χ0) is 28.5. The zero-order valence-corrected chi connectivity index (χ0v) is 20.4. The molecule has 2 saturated heterocycles. The second kappa shape index (κ2) is 11.0. The highest BCUT2D eigenvalue weighted by Gasteiger charge is 2.42. The first kappa shape index (κ1) is 28.5. The number of ether oxygens (including phenoxy) is 2. The predicted octanol–water partition coefficient (Wildman–Crippen LogP) is 1.62. The summed E-state index contributed by atoms with van der Waals surface area (Å²) in [5, 5.41) is 15.7. The molecule has 2 aromatic rings. The van der Waals surface area contributed by atoms with Crippen LogP contribution in [-0.2, 0) is 21.9 Å². The van der Waals surface area contributed by atoms with Crippen molar-refractivity contribution in [2.45, 2.75) is 56.5 Å². The maximum atomic E-state index is 13.2. The van der Waals surface area contributed by atoms with Gasteiger partial charge < -0.3 is 24.4 Å². The average Bonchev–Trinajstić information content (AvgIpc) is 3.21. The minimum absolute atomic E-state index is 0.0119. The molecule has 0 saturated carbocycles. The van der Waals surface area contributed by atoms with Crippen LogP contribution in [0.3, 0.4) is 0 Å². The van der Waals surface area contributed by atoms with Gasteiger partial charge in [-0.2, -0.15) is 31.4 Å². The SMILES string of the molecule is C[C@@H](CO[C@@H]1CCN(C2CCN(c3ncc(C(F)(F)F)cn3)CC2O)C1=O)Oc1cn[nH]c(=O)c1C(F)(F)F. The number of nitrogens with one attached hydrogen (secondary N) is 1. The molecule has 4 atom stereocenters. The van der Waals surface area contributed by atoms with E-state index in [2.05, 4.69) is 15.1 Å². The highest BCUT2D eigenvalue weighted by atomic mass is 19.4. The van der Waals surface area contributed by atoms with Crippen LogP contribution in [0.5, 0.6) is 5.75 Å². The molecule has 0 aliphatic carbocycles. The minimum atomic E-state index is -4.97. The molecule has 0 aromatic carbocycles. The summed E-state index contributed by atoms with van der Waals surface area (Å²) in [6.45, 7) is 1.66. The first-order valence-electron chi connectivity index (χ1n) is 11.8. The quantitative estimate of drug-likeness (QED) is 0.480. The summed E-state index contributed by atoms with van der Waals surface area (Å²) in [5.74, 6) is -1.17. The number of aromatic amines is 1. The van der Waals surface area contributed by atoms with E-state index < -0.39 is 65.0 Å². The number of halogens is 6. The Balaban J connectivity index is 1.30. The van der Waals surface area contributed by atoms with E-state index in [1.807, 2.05) is 0 Å². The van der Waals surface area contributed by atoms with Gasteiger partial charge >= 0.3 is 12.4 Å². The molecule has 1 amide bonds. The van der Waals surface area contributed by atoms with Crippen molar-refractivity contribution in [2.75, 3.05) is 31.1 Å². The van der Waals surface area contributed by atoms with Gasteiger partial charge in [0.1, 0.15) is 12.2 Å². The van der Waals surface area contributed by atoms with Crippen molar-refractivity contribution < 1.29 is 45.7 Å². The molecule has 4 heterocycles. The highest BCUT2D eigenvalue weighted by molar-refractivity contribution is 5.83. The molecule has 2 unspecified atom stereocenters. The number of carbonyl (C=O) groups excluding carboxylic acids is 1. The third kappa shape index (κ3) is 6.41. The monoisotopic (exact) mass is 566 g/mol. The van der Waals surface area contributed by atoms with Crippen LogP contribution in [0, 0.1) is 0 Å². The number of H-pyrrole nitrogens is 1. The summed E-state index contributed by atoms with van der Waals surface area (Å²) in [4.78, 5) is 34.9. The number of carbonyl (C=O) groups is 1. The van der Waals surface area contributed by atoms with Gasteiger partial charge in [0.2, 0.25) is 5.95 Å². The number of aromatic nitrogens is 4. The minimum Gasteiger partial charge on any atom is -0.486 e. The van der Waals surface area contributed by atoms with Crippen LogP contribution in [0.1, 0.15) is 30.9 Å². The molecule has 2 aliphatic rings. The van der Waals surface area contributed by atoms with Crippen LogP contribution in [0.15, 0.2) is 23.4 Å². The predicted molar refractivity (Wildman–Crippen MR) is 120 cm³/mol. The number of rotatable bonds is 7. The number of likely N-dealkylation sites (tertiary alicyclic amines) is 1. The van der Waals surface area contributed by atoms with E-state index in [1.54, 1.807) is 5.10 Å². The van der Waals surface area contributed by atoms with Crippen LogP contribution in [0.4, 0.5) is 32.3 Å². The van der Waals surface area contributed by atoms with Gasteiger partial charge in [-0.1, -0.05) is 0 Å². The highest BCUT2D eigenvalue weighted by Crippen LogP contribution is 2.33. The Bertz CT molecular complexity index is 1220. The lowest BCUT2D eigenvalue weighted by Gasteiger charge is -2.40. The van der Waals surface area contributed by atoms with Gasteiger partial charge in [0.15, 0.2) is 11.3 Å². The molecule has 214 valence electrons. The molecule has 17 heteroatoms. The average molecular weight is 566 g/mol. The Kier molecular flexibility index (Phi) is 8.02. The van der Waals surface area contributed by atoms with Gasteiger partial charge in [0.05, 0.1) is 30.5 Å². The van der Waals surface area contributed by atoms with Crippen molar-refractivity contribution in [1.29, 1.82) is 0 Å². The third-order valence-corrected chi connectivity index (χ3v) is 6.35. The van der Waals surface area contributed by atoms with Crippen LogP contribution in [0.2, 0.25) is 0 Å². The Morgan fingerprint density at radius 1 is 1.08 bits per heavy atom. The molecule has 2 N–H and O–H groups in total. The Morgan fingerprint density at radius 2 is 1.77 bits per heavy atom. The first-order valence-corrected chi connectivity index (χ1v) is 11.8. The molecule has 0 spiro atoms. The van der Waals surface area contributed by atoms with Crippen molar-refractivity contribution in [3.63, 3.8) is 0 Å². The summed E-state index contributed by atoms with van der Waals surface area (Å²) in [6, 6.07) is -0.582. The maximum Gasteiger partial charge on any atom is 0.425 e. The molecule has 2 aromatic heterocycles. The van der Waals surface area contributed by atoms with Crippen molar-refractivity contribution in [2.24, 2.45) is 0 Å². The van der Waals surface area contributed by atoms with Gasteiger partial charge in [-0.25, -0.2) is 15.1 Å². The fraction of sp³-hybridized carbons (Fsp3) is 0.591. The molecular weight excluding hydrogens is 542 g/mol. The number of piperidine rings is 1. The van der Waals surface area contributed by atoms with E-state index >= 15 is 0 Å². The summed E-state index contributed by atoms with van der Waals surface area (Å²) >= 11 is 0. The molecule has 2 fully saturated rings. The number of nitrogens with zero attached hydrogens (tertiary/aromatic N) is 5. The van der Waals surface area contributed by atoms with Gasteiger partial charge in [-0.05, 0) is 13.3 Å². The van der Waals surface area contributed by atoms with Crippen LogP contribution < -0.4 is 15.2 Å². The zero-order valence-electron chi connectivity index (χ0n) is 20.4.